The first kappa shape index (κ1) is 13.4. The summed E-state index contributed by atoms with van der Waals surface area (Å²) in [5, 5.41) is 4.21. The molecule has 1 unspecified atom stereocenters. The maximum Gasteiger partial charge on any atom is 0.0460 e. The van der Waals surface area contributed by atoms with Crippen LogP contribution in [0.25, 0.3) is 0 Å². The molecule has 0 fully saturated rings. The Balaban J connectivity index is 2.02. The van der Waals surface area contributed by atoms with E-state index in [1.165, 1.54) is 5.56 Å². The molecule has 1 atom stereocenters. The highest BCUT2D eigenvalue weighted by Gasteiger charge is 2.09. The maximum atomic E-state index is 6.12. The van der Waals surface area contributed by atoms with E-state index in [0.717, 1.165) is 10.6 Å². The molecule has 0 aromatic heterocycles. The van der Waals surface area contributed by atoms with E-state index in [1.54, 1.807) is 0 Å². The summed E-state index contributed by atoms with van der Waals surface area (Å²) in [4.78, 5) is 0. The average Bonchev–Trinajstić information content (AvgIpc) is 2.42. The summed E-state index contributed by atoms with van der Waals surface area (Å²) in [6.07, 6.45) is 0. The van der Waals surface area contributed by atoms with Gasteiger partial charge in [-0.2, -0.15) is 0 Å². The quantitative estimate of drug-likeness (QED) is 0.800. The second-order valence-corrected chi connectivity index (χ2v) is 4.81. The number of benzene rings is 2. The molecule has 94 valence electrons. The van der Waals surface area contributed by atoms with Crippen molar-refractivity contribution in [1.82, 2.24) is 5.32 Å². The minimum Gasteiger partial charge on any atom is -0.305 e. The van der Waals surface area contributed by atoms with Crippen molar-refractivity contribution in [2.75, 3.05) is 5.88 Å². The average molecular weight is 280 g/mol. The molecule has 0 aliphatic carbocycles. The molecule has 0 heterocycles. The van der Waals surface area contributed by atoms with Gasteiger partial charge in [-0.25, -0.2) is 0 Å². The zero-order chi connectivity index (χ0) is 12.8. The van der Waals surface area contributed by atoms with Gasteiger partial charge >= 0.3 is 0 Å². The van der Waals surface area contributed by atoms with Crippen molar-refractivity contribution in [3.05, 3.63) is 70.7 Å². The Morgan fingerprint density at radius 2 is 1.61 bits per heavy atom. The molecular weight excluding hydrogens is 265 g/mol. The Bertz CT molecular complexity index is 485. The Morgan fingerprint density at radius 3 is 2.28 bits per heavy atom. The molecule has 0 aliphatic rings. The van der Waals surface area contributed by atoms with Gasteiger partial charge in [0.15, 0.2) is 0 Å². The van der Waals surface area contributed by atoms with E-state index in [0.29, 0.717) is 12.4 Å². The fourth-order valence-corrected chi connectivity index (χ4v) is 2.31. The minimum absolute atomic E-state index is 0.143. The number of halogens is 2. The van der Waals surface area contributed by atoms with Gasteiger partial charge in [-0.15, -0.1) is 11.6 Å². The Labute approximate surface area is 118 Å². The topological polar surface area (TPSA) is 12.0 Å². The zero-order valence-corrected chi connectivity index (χ0v) is 11.5. The summed E-state index contributed by atoms with van der Waals surface area (Å²) in [6, 6.07) is 18.2. The van der Waals surface area contributed by atoms with Gasteiger partial charge in [0.1, 0.15) is 0 Å². The van der Waals surface area contributed by atoms with E-state index in [1.807, 2.05) is 42.5 Å². The monoisotopic (exact) mass is 279 g/mol. The van der Waals surface area contributed by atoms with Gasteiger partial charge in [-0.3, -0.25) is 0 Å². The van der Waals surface area contributed by atoms with Gasteiger partial charge in [-0.05, 0) is 17.2 Å². The summed E-state index contributed by atoms with van der Waals surface area (Å²) in [7, 11) is 0. The molecule has 0 radical (unpaired) electrons. The first-order chi connectivity index (χ1) is 8.81. The minimum atomic E-state index is 0.143. The van der Waals surface area contributed by atoms with Gasteiger partial charge < -0.3 is 5.32 Å². The van der Waals surface area contributed by atoms with Crippen LogP contribution in [0.1, 0.15) is 17.2 Å². The van der Waals surface area contributed by atoms with Gasteiger partial charge in [-0.1, -0.05) is 60.1 Å². The molecule has 1 nitrogen and oxygen atoms in total. The number of nitrogens with one attached hydrogen (secondary N) is 1. The Hall–Kier alpha value is -1.02. The molecule has 0 saturated carbocycles. The highest BCUT2D eigenvalue weighted by molar-refractivity contribution is 6.31. The lowest BCUT2D eigenvalue weighted by molar-refractivity contribution is 0.579. The standard InChI is InChI=1S/C15H15Cl2N/c16-10-15(12-6-2-1-3-7-12)18-11-13-8-4-5-9-14(13)17/h1-9,15,18H,10-11H2. The Kier molecular flexibility index (Phi) is 5.06. The molecule has 0 bridgehead atoms. The summed E-state index contributed by atoms with van der Waals surface area (Å²) in [5.74, 6) is 0.536. The summed E-state index contributed by atoms with van der Waals surface area (Å²) in [6.45, 7) is 0.714. The highest BCUT2D eigenvalue weighted by Crippen LogP contribution is 2.18. The number of alkyl halides is 1. The van der Waals surface area contributed by atoms with Crippen molar-refractivity contribution < 1.29 is 0 Å². The van der Waals surface area contributed by atoms with Crippen LogP contribution in [0.5, 0.6) is 0 Å². The van der Waals surface area contributed by atoms with Crippen molar-refractivity contribution in [3.63, 3.8) is 0 Å². The lowest BCUT2D eigenvalue weighted by Gasteiger charge is -2.17. The number of rotatable bonds is 5. The van der Waals surface area contributed by atoms with Crippen molar-refractivity contribution in [1.29, 1.82) is 0 Å². The van der Waals surface area contributed by atoms with Crippen molar-refractivity contribution in [2.24, 2.45) is 0 Å². The molecule has 0 amide bonds. The molecule has 1 N–H and O–H groups in total. The largest absolute Gasteiger partial charge is 0.305 e. The number of hydrogen-bond donors (Lipinski definition) is 1. The van der Waals surface area contributed by atoms with Gasteiger partial charge in [0, 0.05) is 23.5 Å². The lowest BCUT2D eigenvalue weighted by Crippen LogP contribution is -2.22. The van der Waals surface area contributed by atoms with Crippen molar-refractivity contribution in [3.8, 4) is 0 Å². The molecule has 2 aromatic rings. The zero-order valence-electron chi connectivity index (χ0n) is 9.94. The van der Waals surface area contributed by atoms with Crippen LogP contribution in [-0.2, 0) is 6.54 Å². The van der Waals surface area contributed by atoms with E-state index in [9.17, 15) is 0 Å². The van der Waals surface area contributed by atoms with E-state index in [2.05, 4.69) is 17.4 Å². The third kappa shape index (κ3) is 3.49. The third-order valence-electron chi connectivity index (χ3n) is 2.85. The van der Waals surface area contributed by atoms with Crippen LogP contribution >= 0.6 is 23.2 Å². The van der Waals surface area contributed by atoms with E-state index in [4.69, 9.17) is 23.2 Å². The van der Waals surface area contributed by atoms with Crippen molar-refractivity contribution in [2.45, 2.75) is 12.6 Å². The Morgan fingerprint density at radius 1 is 0.944 bits per heavy atom. The predicted octanol–water partition coefficient (Wildman–Crippen LogP) is 4.41. The SMILES string of the molecule is ClCC(NCc1ccccc1Cl)c1ccccc1. The van der Waals surface area contributed by atoms with Crippen LogP contribution in [0.3, 0.4) is 0 Å². The summed E-state index contributed by atoms with van der Waals surface area (Å²) < 4.78 is 0. The molecule has 18 heavy (non-hydrogen) atoms. The van der Waals surface area contributed by atoms with E-state index in [-0.39, 0.29) is 6.04 Å². The van der Waals surface area contributed by atoms with Crippen molar-refractivity contribution >= 4 is 23.2 Å². The van der Waals surface area contributed by atoms with E-state index < -0.39 is 0 Å². The molecule has 0 spiro atoms. The van der Waals surface area contributed by atoms with Gasteiger partial charge in [0.25, 0.3) is 0 Å². The van der Waals surface area contributed by atoms with Gasteiger partial charge in [0.05, 0.1) is 0 Å². The highest BCUT2D eigenvalue weighted by atomic mass is 35.5. The number of hydrogen-bond acceptors (Lipinski definition) is 1. The van der Waals surface area contributed by atoms with Crippen LogP contribution in [0.4, 0.5) is 0 Å². The smallest absolute Gasteiger partial charge is 0.0460 e. The molecule has 0 aliphatic heterocycles. The second kappa shape index (κ2) is 6.79. The molecular formula is C15H15Cl2N. The fourth-order valence-electron chi connectivity index (χ4n) is 1.82. The van der Waals surface area contributed by atoms with Gasteiger partial charge in [0.2, 0.25) is 0 Å². The maximum absolute atomic E-state index is 6.12. The van der Waals surface area contributed by atoms with Crippen LogP contribution < -0.4 is 5.32 Å². The summed E-state index contributed by atoms with van der Waals surface area (Å²) >= 11 is 12.1. The predicted molar refractivity (Wildman–Crippen MR) is 78.2 cm³/mol. The molecule has 3 heteroatoms. The normalized spacial score (nSPS) is 12.3. The van der Waals surface area contributed by atoms with Crippen LogP contribution in [-0.4, -0.2) is 5.88 Å². The lowest BCUT2D eigenvalue weighted by atomic mass is 10.1. The third-order valence-corrected chi connectivity index (χ3v) is 3.53. The molecule has 2 aromatic carbocycles. The first-order valence-corrected chi connectivity index (χ1v) is 6.80. The summed E-state index contributed by atoms with van der Waals surface area (Å²) in [5.41, 5.74) is 2.28. The van der Waals surface area contributed by atoms with E-state index >= 15 is 0 Å². The second-order valence-electron chi connectivity index (χ2n) is 4.09. The molecule has 0 saturated heterocycles. The molecule has 2 rings (SSSR count). The van der Waals surface area contributed by atoms with Crippen LogP contribution in [0.2, 0.25) is 5.02 Å². The van der Waals surface area contributed by atoms with Crippen LogP contribution in [0, 0.1) is 0 Å². The fraction of sp³-hybridized carbons (Fsp3) is 0.200. The first-order valence-electron chi connectivity index (χ1n) is 5.89. The van der Waals surface area contributed by atoms with Crippen LogP contribution in [0.15, 0.2) is 54.6 Å².